The number of aliphatic hydroxyl groups excluding tert-OH is 1. The molecule has 2 N–H and O–H groups in total. The molecule has 0 atom stereocenters. The first kappa shape index (κ1) is 17.8. The molecule has 0 fully saturated rings. The number of carbonyl (C=O) groups excluding carboxylic acids is 1. The molecule has 6 heteroatoms. The van der Waals surface area contributed by atoms with E-state index in [9.17, 15) is 4.79 Å². The summed E-state index contributed by atoms with van der Waals surface area (Å²) in [6, 6.07) is 13.9. The SMILES string of the molecule is Cc1ccc(-c2nc(C(=O)NCCO)nn2-c2cccc(C)c2C)cc1. The molecule has 0 radical (unpaired) electrons. The molecule has 1 heterocycles. The predicted molar refractivity (Wildman–Crippen MR) is 100 cm³/mol. The zero-order valence-electron chi connectivity index (χ0n) is 15.2. The molecule has 0 bridgehead atoms. The molecule has 6 nitrogen and oxygen atoms in total. The van der Waals surface area contributed by atoms with Gasteiger partial charge in [-0.25, -0.2) is 9.67 Å². The third-order valence-electron chi connectivity index (χ3n) is 4.32. The van der Waals surface area contributed by atoms with Crippen LogP contribution < -0.4 is 5.32 Å². The minimum absolute atomic E-state index is 0.0786. The van der Waals surface area contributed by atoms with E-state index in [4.69, 9.17) is 5.11 Å². The van der Waals surface area contributed by atoms with Crippen LogP contribution in [-0.2, 0) is 0 Å². The Morgan fingerprint density at radius 3 is 2.54 bits per heavy atom. The maximum absolute atomic E-state index is 12.3. The number of amides is 1. The van der Waals surface area contributed by atoms with Crippen molar-refractivity contribution in [3.05, 3.63) is 65.0 Å². The van der Waals surface area contributed by atoms with E-state index in [1.807, 2.05) is 63.2 Å². The van der Waals surface area contributed by atoms with Gasteiger partial charge in [-0.2, -0.15) is 0 Å². The van der Waals surface area contributed by atoms with E-state index in [-0.39, 0.29) is 19.0 Å². The molecule has 3 rings (SSSR count). The molecule has 0 aliphatic carbocycles. The quantitative estimate of drug-likeness (QED) is 0.741. The lowest BCUT2D eigenvalue weighted by atomic mass is 10.1. The van der Waals surface area contributed by atoms with Gasteiger partial charge in [-0.15, -0.1) is 5.10 Å². The van der Waals surface area contributed by atoms with Crippen molar-refractivity contribution in [3.63, 3.8) is 0 Å². The Balaban J connectivity index is 2.14. The fourth-order valence-electron chi connectivity index (χ4n) is 2.68. The third-order valence-corrected chi connectivity index (χ3v) is 4.32. The highest BCUT2D eigenvalue weighted by molar-refractivity contribution is 5.91. The summed E-state index contributed by atoms with van der Waals surface area (Å²) in [5.74, 6) is 0.277. The van der Waals surface area contributed by atoms with Crippen LogP contribution in [0.4, 0.5) is 0 Å². The first-order valence-corrected chi connectivity index (χ1v) is 8.51. The highest BCUT2D eigenvalue weighted by Gasteiger charge is 2.19. The molecule has 134 valence electrons. The second kappa shape index (κ2) is 7.49. The number of hydrogen-bond donors (Lipinski definition) is 2. The summed E-state index contributed by atoms with van der Waals surface area (Å²) >= 11 is 0. The van der Waals surface area contributed by atoms with Gasteiger partial charge in [0.25, 0.3) is 5.91 Å². The molecular formula is C20H22N4O2. The molecule has 26 heavy (non-hydrogen) atoms. The Bertz CT molecular complexity index is 929. The van der Waals surface area contributed by atoms with E-state index >= 15 is 0 Å². The summed E-state index contributed by atoms with van der Waals surface area (Å²) in [5.41, 5.74) is 5.12. The van der Waals surface area contributed by atoms with Crippen molar-refractivity contribution in [3.8, 4) is 17.1 Å². The summed E-state index contributed by atoms with van der Waals surface area (Å²) in [7, 11) is 0. The lowest BCUT2D eigenvalue weighted by Crippen LogP contribution is -2.27. The van der Waals surface area contributed by atoms with Crippen molar-refractivity contribution < 1.29 is 9.90 Å². The van der Waals surface area contributed by atoms with Gasteiger partial charge in [0.05, 0.1) is 12.3 Å². The number of rotatable bonds is 5. The van der Waals surface area contributed by atoms with Crippen LogP contribution >= 0.6 is 0 Å². The molecule has 0 spiro atoms. The minimum atomic E-state index is -0.406. The number of benzene rings is 2. The summed E-state index contributed by atoms with van der Waals surface area (Å²) < 4.78 is 1.71. The van der Waals surface area contributed by atoms with E-state index < -0.39 is 5.91 Å². The standard InChI is InChI=1S/C20H22N4O2/c1-13-7-9-16(10-8-13)19-22-18(20(26)21-11-12-25)23-24(19)17-6-4-5-14(2)15(17)3/h4-10,25H,11-12H2,1-3H3,(H,21,26). The van der Waals surface area contributed by atoms with Gasteiger partial charge in [-0.3, -0.25) is 4.79 Å². The van der Waals surface area contributed by atoms with E-state index in [1.54, 1.807) is 4.68 Å². The minimum Gasteiger partial charge on any atom is -0.395 e. The van der Waals surface area contributed by atoms with Gasteiger partial charge in [0.1, 0.15) is 0 Å². The van der Waals surface area contributed by atoms with Gasteiger partial charge in [-0.05, 0) is 38.0 Å². The van der Waals surface area contributed by atoms with Gasteiger partial charge in [-0.1, -0.05) is 42.0 Å². The zero-order chi connectivity index (χ0) is 18.7. The van der Waals surface area contributed by atoms with Crippen LogP contribution in [0.5, 0.6) is 0 Å². The molecule has 0 aliphatic rings. The van der Waals surface area contributed by atoms with E-state index in [0.717, 1.165) is 27.9 Å². The predicted octanol–water partition coefficient (Wildman–Crippen LogP) is 2.58. The van der Waals surface area contributed by atoms with E-state index in [1.165, 1.54) is 0 Å². The molecule has 0 saturated carbocycles. The Hall–Kier alpha value is -2.99. The second-order valence-electron chi connectivity index (χ2n) is 6.24. The monoisotopic (exact) mass is 350 g/mol. The van der Waals surface area contributed by atoms with Crippen LogP contribution in [0.2, 0.25) is 0 Å². The van der Waals surface area contributed by atoms with Crippen LogP contribution in [0.25, 0.3) is 17.1 Å². The van der Waals surface area contributed by atoms with Crippen LogP contribution in [-0.4, -0.2) is 38.9 Å². The Kier molecular flexibility index (Phi) is 5.14. The maximum Gasteiger partial charge on any atom is 0.291 e. The van der Waals surface area contributed by atoms with Gasteiger partial charge in [0, 0.05) is 12.1 Å². The molecule has 0 saturated heterocycles. The third kappa shape index (κ3) is 3.50. The molecule has 3 aromatic rings. The van der Waals surface area contributed by atoms with Crippen molar-refractivity contribution in [1.82, 2.24) is 20.1 Å². The van der Waals surface area contributed by atoms with Crippen LogP contribution in [0.3, 0.4) is 0 Å². The van der Waals surface area contributed by atoms with Gasteiger partial charge in [0.2, 0.25) is 5.82 Å². The van der Waals surface area contributed by atoms with Crippen molar-refractivity contribution in [2.75, 3.05) is 13.2 Å². The molecule has 0 aliphatic heterocycles. The van der Waals surface area contributed by atoms with Crippen molar-refractivity contribution in [1.29, 1.82) is 0 Å². The Labute approximate surface area is 152 Å². The van der Waals surface area contributed by atoms with E-state index in [0.29, 0.717) is 5.82 Å². The van der Waals surface area contributed by atoms with Crippen LogP contribution in [0.1, 0.15) is 27.3 Å². The van der Waals surface area contributed by atoms with Crippen molar-refractivity contribution in [2.24, 2.45) is 0 Å². The Morgan fingerprint density at radius 1 is 1.12 bits per heavy atom. The second-order valence-corrected chi connectivity index (χ2v) is 6.24. The summed E-state index contributed by atoms with van der Waals surface area (Å²) in [5, 5.41) is 16.0. The highest BCUT2D eigenvalue weighted by atomic mass is 16.3. The maximum atomic E-state index is 12.3. The van der Waals surface area contributed by atoms with Gasteiger partial charge < -0.3 is 10.4 Å². The number of aliphatic hydroxyl groups is 1. The smallest absolute Gasteiger partial charge is 0.291 e. The van der Waals surface area contributed by atoms with Crippen molar-refractivity contribution in [2.45, 2.75) is 20.8 Å². The normalized spacial score (nSPS) is 10.8. The first-order valence-electron chi connectivity index (χ1n) is 8.51. The average Bonchev–Trinajstić information content (AvgIpc) is 3.08. The largest absolute Gasteiger partial charge is 0.395 e. The fourth-order valence-corrected chi connectivity index (χ4v) is 2.68. The van der Waals surface area contributed by atoms with Crippen LogP contribution in [0.15, 0.2) is 42.5 Å². The summed E-state index contributed by atoms with van der Waals surface area (Å²) in [6.45, 7) is 6.12. The summed E-state index contributed by atoms with van der Waals surface area (Å²) in [6.07, 6.45) is 0. The number of aromatic nitrogens is 3. The molecule has 1 aromatic heterocycles. The van der Waals surface area contributed by atoms with Crippen LogP contribution in [0, 0.1) is 20.8 Å². The number of carbonyl (C=O) groups is 1. The molecule has 0 unspecified atom stereocenters. The highest BCUT2D eigenvalue weighted by Crippen LogP contribution is 2.25. The number of aryl methyl sites for hydroxylation is 2. The lowest BCUT2D eigenvalue weighted by Gasteiger charge is -2.11. The van der Waals surface area contributed by atoms with Gasteiger partial charge >= 0.3 is 0 Å². The zero-order valence-corrected chi connectivity index (χ0v) is 15.2. The van der Waals surface area contributed by atoms with E-state index in [2.05, 4.69) is 15.4 Å². The average molecular weight is 350 g/mol. The molecule has 2 aromatic carbocycles. The summed E-state index contributed by atoms with van der Waals surface area (Å²) in [4.78, 5) is 16.7. The number of hydrogen-bond acceptors (Lipinski definition) is 4. The topological polar surface area (TPSA) is 80.0 Å². The first-order chi connectivity index (χ1) is 12.5. The fraction of sp³-hybridized carbons (Fsp3) is 0.250. The number of nitrogens with zero attached hydrogens (tertiary/aromatic N) is 3. The van der Waals surface area contributed by atoms with Gasteiger partial charge in [0.15, 0.2) is 5.82 Å². The van der Waals surface area contributed by atoms with Crippen molar-refractivity contribution >= 4 is 5.91 Å². The Morgan fingerprint density at radius 2 is 1.85 bits per heavy atom. The molecular weight excluding hydrogens is 328 g/mol. The lowest BCUT2D eigenvalue weighted by molar-refractivity contribution is 0.0934. The number of nitrogens with one attached hydrogen (secondary N) is 1. The molecule has 1 amide bonds.